The first-order chi connectivity index (χ1) is 9.61. The summed E-state index contributed by atoms with van der Waals surface area (Å²) in [6.07, 6.45) is 0.104. The van der Waals surface area contributed by atoms with Gasteiger partial charge in [-0.05, 0) is 28.8 Å². The maximum Gasteiger partial charge on any atom is 0.219 e. The van der Waals surface area contributed by atoms with Crippen molar-refractivity contribution in [3.05, 3.63) is 54.1 Å². The van der Waals surface area contributed by atoms with Gasteiger partial charge in [0.15, 0.2) is 0 Å². The molecule has 0 saturated carbocycles. The highest BCUT2D eigenvalue weighted by molar-refractivity contribution is 5.76. The number of carbonyl (C=O) groups is 1. The number of primary amides is 1. The van der Waals surface area contributed by atoms with Crippen molar-refractivity contribution in [3.8, 4) is 16.9 Å². The Kier molecular flexibility index (Phi) is 4.38. The van der Waals surface area contributed by atoms with Crippen molar-refractivity contribution in [2.24, 2.45) is 11.5 Å². The van der Waals surface area contributed by atoms with Gasteiger partial charge in [0.2, 0.25) is 5.91 Å². The van der Waals surface area contributed by atoms with Crippen molar-refractivity contribution in [1.82, 2.24) is 0 Å². The second kappa shape index (κ2) is 6.21. The van der Waals surface area contributed by atoms with E-state index in [2.05, 4.69) is 0 Å². The summed E-state index contributed by atoms with van der Waals surface area (Å²) in [5.41, 5.74) is 14.2. The molecule has 0 fully saturated rings. The van der Waals surface area contributed by atoms with Crippen LogP contribution in [0.4, 0.5) is 0 Å². The summed E-state index contributed by atoms with van der Waals surface area (Å²) >= 11 is 0. The molecule has 0 spiro atoms. The molecule has 0 bridgehead atoms. The minimum Gasteiger partial charge on any atom is -0.497 e. The van der Waals surface area contributed by atoms with Gasteiger partial charge >= 0.3 is 0 Å². The van der Waals surface area contributed by atoms with Gasteiger partial charge in [-0.15, -0.1) is 0 Å². The summed E-state index contributed by atoms with van der Waals surface area (Å²) in [7, 11) is 1.60. The van der Waals surface area contributed by atoms with Crippen LogP contribution in [0, 0.1) is 0 Å². The number of hydrogen-bond acceptors (Lipinski definition) is 3. The fraction of sp³-hybridized carbons (Fsp3) is 0.188. The largest absolute Gasteiger partial charge is 0.497 e. The lowest BCUT2D eigenvalue weighted by Gasteiger charge is -2.17. The standard InChI is InChI=1S/C16H18N2O2/c1-20-12-7-8-13(11-5-3-2-4-6-11)14(9-12)15(17)10-16(18)19/h2-9,15H,10,17H2,1H3,(H2,18,19). The molecule has 0 aliphatic heterocycles. The van der Waals surface area contributed by atoms with Gasteiger partial charge in [0.25, 0.3) is 0 Å². The Morgan fingerprint density at radius 3 is 2.50 bits per heavy atom. The van der Waals surface area contributed by atoms with Crippen LogP contribution in [0.15, 0.2) is 48.5 Å². The molecule has 1 amide bonds. The van der Waals surface area contributed by atoms with Crippen molar-refractivity contribution in [3.63, 3.8) is 0 Å². The van der Waals surface area contributed by atoms with Crippen LogP contribution in [0.2, 0.25) is 0 Å². The minimum absolute atomic E-state index is 0.104. The van der Waals surface area contributed by atoms with Crippen molar-refractivity contribution in [2.75, 3.05) is 7.11 Å². The molecular formula is C16H18N2O2. The lowest BCUT2D eigenvalue weighted by atomic mass is 9.93. The first-order valence-electron chi connectivity index (χ1n) is 6.39. The van der Waals surface area contributed by atoms with Gasteiger partial charge in [-0.2, -0.15) is 0 Å². The van der Waals surface area contributed by atoms with Crippen LogP contribution in [0.5, 0.6) is 5.75 Å². The molecular weight excluding hydrogens is 252 g/mol. The zero-order valence-electron chi connectivity index (χ0n) is 11.4. The second-order valence-electron chi connectivity index (χ2n) is 4.60. The Bertz CT molecular complexity index is 597. The fourth-order valence-corrected chi connectivity index (χ4v) is 2.18. The third-order valence-corrected chi connectivity index (χ3v) is 3.16. The van der Waals surface area contributed by atoms with Crippen LogP contribution in [0.25, 0.3) is 11.1 Å². The maximum atomic E-state index is 11.1. The van der Waals surface area contributed by atoms with Crippen LogP contribution in [0.3, 0.4) is 0 Å². The molecule has 0 aliphatic rings. The second-order valence-corrected chi connectivity index (χ2v) is 4.60. The van der Waals surface area contributed by atoms with Crippen LogP contribution < -0.4 is 16.2 Å². The van der Waals surface area contributed by atoms with Crippen LogP contribution >= 0.6 is 0 Å². The van der Waals surface area contributed by atoms with Crippen molar-refractivity contribution in [2.45, 2.75) is 12.5 Å². The highest BCUT2D eigenvalue weighted by Crippen LogP contribution is 2.31. The molecule has 4 nitrogen and oxygen atoms in total. The fourth-order valence-electron chi connectivity index (χ4n) is 2.18. The number of benzene rings is 2. The monoisotopic (exact) mass is 270 g/mol. The summed E-state index contributed by atoms with van der Waals surface area (Å²) < 4.78 is 5.23. The number of hydrogen-bond donors (Lipinski definition) is 2. The summed E-state index contributed by atoms with van der Waals surface area (Å²) in [5.74, 6) is 0.291. The SMILES string of the molecule is COc1ccc(-c2ccccc2)c(C(N)CC(N)=O)c1. The van der Waals surface area contributed by atoms with Crippen LogP contribution in [0.1, 0.15) is 18.0 Å². The molecule has 0 heterocycles. The summed E-state index contributed by atoms with van der Waals surface area (Å²) in [6, 6.07) is 15.1. The third kappa shape index (κ3) is 3.16. The van der Waals surface area contributed by atoms with E-state index in [9.17, 15) is 4.79 Å². The average molecular weight is 270 g/mol. The predicted octanol–water partition coefficient (Wildman–Crippen LogP) is 2.24. The van der Waals surface area contributed by atoms with E-state index >= 15 is 0 Å². The van der Waals surface area contributed by atoms with E-state index in [4.69, 9.17) is 16.2 Å². The molecule has 2 aromatic rings. The van der Waals surface area contributed by atoms with E-state index in [1.807, 2.05) is 48.5 Å². The molecule has 2 aromatic carbocycles. The van der Waals surface area contributed by atoms with E-state index in [1.165, 1.54) is 0 Å². The molecule has 0 saturated heterocycles. The van der Waals surface area contributed by atoms with E-state index in [-0.39, 0.29) is 6.42 Å². The molecule has 1 unspecified atom stereocenters. The van der Waals surface area contributed by atoms with Gasteiger partial charge < -0.3 is 16.2 Å². The summed E-state index contributed by atoms with van der Waals surface area (Å²) in [5, 5.41) is 0. The molecule has 4 heteroatoms. The topological polar surface area (TPSA) is 78.3 Å². The molecule has 1 atom stereocenters. The van der Waals surface area contributed by atoms with Gasteiger partial charge in [0.1, 0.15) is 5.75 Å². The lowest BCUT2D eigenvalue weighted by molar-refractivity contribution is -0.118. The quantitative estimate of drug-likeness (QED) is 0.874. The van der Waals surface area contributed by atoms with Gasteiger partial charge in [-0.25, -0.2) is 0 Å². The Balaban J connectivity index is 2.48. The van der Waals surface area contributed by atoms with Gasteiger partial charge in [0, 0.05) is 12.5 Å². The highest BCUT2D eigenvalue weighted by atomic mass is 16.5. The molecule has 20 heavy (non-hydrogen) atoms. The van der Waals surface area contributed by atoms with E-state index in [1.54, 1.807) is 7.11 Å². The number of carbonyl (C=O) groups excluding carboxylic acids is 1. The van der Waals surface area contributed by atoms with Crippen molar-refractivity contribution < 1.29 is 9.53 Å². The smallest absolute Gasteiger partial charge is 0.219 e. The molecule has 104 valence electrons. The normalized spacial score (nSPS) is 11.9. The summed E-state index contributed by atoms with van der Waals surface area (Å²) in [4.78, 5) is 11.1. The van der Waals surface area contributed by atoms with Gasteiger partial charge in [-0.1, -0.05) is 36.4 Å². The van der Waals surface area contributed by atoms with Gasteiger partial charge in [-0.3, -0.25) is 4.79 Å². The predicted molar refractivity (Wildman–Crippen MR) is 79.2 cm³/mol. The first kappa shape index (κ1) is 14.1. The molecule has 0 aliphatic carbocycles. The zero-order valence-corrected chi connectivity index (χ0v) is 11.4. The van der Waals surface area contributed by atoms with Crippen molar-refractivity contribution in [1.29, 1.82) is 0 Å². The molecule has 0 radical (unpaired) electrons. The molecule has 2 rings (SSSR count). The highest BCUT2D eigenvalue weighted by Gasteiger charge is 2.15. The minimum atomic E-state index is -0.446. The number of amides is 1. The Morgan fingerprint density at radius 1 is 1.20 bits per heavy atom. The maximum absolute atomic E-state index is 11.1. The molecule has 0 aromatic heterocycles. The van der Waals surface area contributed by atoms with E-state index < -0.39 is 11.9 Å². The Hall–Kier alpha value is -2.33. The number of nitrogens with two attached hydrogens (primary N) is 2. The number of rotatable bonds is 5. The summed E-state index contributed by atoms with van der Waals surface area (Å²) in [6.45, 7) is 0. The van der Waals surface area contributed by atoms with E-state index in [0.717, 1.165) is 16.7 Å². The zero-order chi connectivity index (χ0) is 14.5. The third-order valence-electron chi connectivity index (χ3n) is 3.16. The molecule has 4 N–H and O–H groups in total. The van der Waals surface area contributed by atoms with Crippen molar-refractivity contribution >= 4 is 5.91 Å². The number of methoxy groups -OCH3 is 1. The first-order valence-corrected chi connectivity index (χ1v) is 6.39. The Labute approximate surface area is 118 Å². The Morgan fingerprint density at radius 2 is 1.90 bits per heavy atom. The van der Waals surface area contributed by atoms with Gasteiger partial charge in [0.05, 0.1) is 7.11 Å². The van der Waals surface area contributed by atoms with Crippen LogP contribution in [-0.4, -0.2) is 13.0 Å². The average Bonchev–Trinajstić information content (AvgIpc) is 2.46. The van der Waals surface area contributed by atoms with Crippen LogP contribution in [-0.2, 0) is 4.79 Å². The van der Waals surface area contributed by atoms with E-state index in [0.29, 0.717) is 5.75 Å². The number of ether oxygens (including phenoxy) is 1. The lowest BCUT2D eigenvalue weighted by Crippen LogP contribution is -2.21.